The first-order chi connectivity index (χ1) is 11.3. The molecule has 0 aromatic carbocycles. The zero-order valence-corrected chi connectivity index (χ0v) is 15.0. The van der Waals surface area contributed by atoms with Gasteiger partial charge in [-0.1, -0.05) is 6.07 Å². The van der Waals surface area contributed by atoms with E-state index < -0.39 is 11.7 Å². The van der Waals surface area contributed by atoms with Gasteiger partial charge in [-0.2, -0.15) is 0 Å². The van der Waals surface area contributed by atoms with Crippen molar-refractivity contribution in [2.24, 2.45) is 0 Å². The Balaban J connectivity index is 1.82. The lowest BCUT2D eigenvalue weighted by Crippen LogP contribution is -2.38. The molecular weight excluding hydrogens is 330 g/mol. The number of nitrogens with one attached hydrogen (secondary N) is 2. The molecule has 2 N–H and O–H groups in total. The molecule has 0 radical (unpaired) electrons. The molecule has 0 spiro atoms. The molecule has 2 amide bonds. The number of aryl methyl sites for hydroxylation is 1. The third-order valence-electron chi connectivity index (χ3n) is 2.82. The molecule has 0 atom stereocenters. The Labute approximate surface area is 144 Å². The van der Waals surface area contributed by atoms with Gasteiger partial charge in [-0.25, -0.2) is 9.78 Å². The van der Waals surface area contributed by atoms with Gasteiger partial charge in [0.15, 0.2) is 5.69 Å². The number of ether oxygens (including phenoxy) is 1. The summed E-state index contributed by atoms with van der Waals surface area (Å²) in [5.41, 5.74) is -0.306. The molecule has 0 aliphatic rings. The molecular formula is C16H21N3O4S. The Morgan fingerprint density at radius 3 is 2.62 bits per heavy atom. The van der Waals surface area contributed by atoms with Crippen LogP contribution in [0, 0.1) is 6.92 Å². The van der Waals surface area contributed by atoms with Gasteiger partial charge in [0.2, 0.25) is 5.89 Å². The van der Waals surface area contributed by atoms with Gasteiger partial charge in [0.25, 0.3) is 5.91 Å². The van der Waals surface area contributed by atoms with Crippen LogP contribution >= 0.6 is 11.3 Å². The molecule has 0 fully saturated rings. The zero-order valence-electron chi connectivity index (χ0n) is 14.1. The quantitative estimate of drug-likeness (QED) is 0.808. The molecule has 2 rings (SSSR count). The molecule has 2 heterocycles. The average Bonchev–Trinajstić information content (AvgIpc) is 3.10. The van der Waals surface area contributed by atoms with Gasteiger partial charge in [0.05, 0.1) is 4.88 Å². The molecule has 0 saturated carbocycles. The molecule has 24 heavy (non-hydrogen) atoms. The summed E-state index contributed by atoms with van der Waals surface area (Å²) in [6.45, 7) is 7.57. The first-order valence-electron chi connectivity index (χ1n) is 7.52. The minimum absolute atomic E-state index is 0.246. The van der Waals surface area contributed by atoms with Crippen molar-refractivity contribution in [3.05, 3.63) is 29.0 Å². The van der Waals surface area contributed by atoms with Crippen molar-refractivity contribution in [2.75, 3.05) is 13.1 Å². The summed E-state index contributed by atoms with van der Waals surface area (Å²) in [6, 6.07) is 3.77. The van der Waals surface area contributed by atoms with Crippen LogP contribution in [0.15, 0.2) is 21.9 Å². The van der Waals surface area contributed by atoms with Gasteiger partial charge < -0.3 is 19.8 Å². The summed E-state index contributed by atoms with van der Waals surface area (Å²) in [4.78, 5) is 28.7. The van der Waals surface area contributed by atoms with Crippen LogP contribution < -0.4 is 10.6 Å². The number of hydrogen-bond acceptors (Lipinski definition) is 6. The smallest absolute Gasteiger partial charge is 0.407 e. The number of alkyl carbamates (subject to hydrolysis) is 1. The van der Waals surface area contributed by atoms with Crippen LogP contribution in [-0.4, -0.2) is 35.7 Å². The summed E-state index contributed by atoms with van der Waals surface area (Å²) in [6.07, 6.45) is -0.519. The number of aromatic nitrogens is 1. The molecule has 0 aliphatic heterocycles. The van der Waals surface area contributed by atoms with Crippen molar-refractivity contribution < 1.29 is 18.7 Å². The first kappa shape index (κ1) is 18.0. The maximum absolute atomic E-state index is 12.1. The van der Waals surface area contributed by atoms with Crippen LogP contribution in [0.4, 0.5) is 4.79 Å². The van der Waals surface area contributed by atoms with E-state index in [0.717, 1.165) is 4.88 Å². The lowest BCUT2D eigenvalue weighted by molar-refractivity contribution is 0.0526. The topological polar surface area (TPSA) is 93.5 Å². The van der Waals surface area contributed by atoms with Crippen LogP contribution in [-0.2, 0) is 4.74 Å². The summed E-state index contributed by atoms with van der Waals surface area (Å²) in [7, 11) is 0. The van der Waals surface area contributed by atoms with Gasteiger partial charge in [-0.05, 0) is 39.1 Å². The zero-order chi connectivity index (χ0) is 17.7. The van der Waals surface area contributed by atoms with Crippen LogP contribution in [0.25, 0.3) is 10.8 Å². The fourth-order valence-corrected chi connectivity index (χ4v) is 2.50. The third kappa shape index (κ3) is 5.09. The van der Waals surface area contributed by atoms with E-state index in [1.54, 1.807) is 27.7 Å². The Bertz CT molecular complexity index is 701. The number of hydrogen-bond donors (Lipinski definition) is 2. The number of amides is 2. The Morgan fingerprint density at radius 1 is 1.29 bits per heavy atom. The minimum Gasteiger partial charge on any atom is -0.444 e. The Morgan fingerprint density at radius 2 is 2.00 bits per heavy atom. The number of carbonyl (C=O) groups excluding carboxylic acids is 2. The fraction of sp³-hybridized carbons (Fsp3) is 0.438. The van der Waals surface area contributed by atoms with Crippen molar-refractivity contribution in [1.29, 1.82) is 0 Å². The molecule has 0 unspecified atom stereocenters. The van der Waals surface area contributed by atoms with Crippen molar-refractivity contribution >= 4 is 23.3 Å². The van der Waals surface area contributed by atoms with Crippen LogP contribution in [0.1, 0.15) is 37.0 Å². The molecule has 0 aliphatic carbocycles. The predicted molar refractivity (Wildman–Crippen MR) is 91.1 cm³/mol. The molecule has 7 nitrogen and oxygen atoms in total. The highest BCUT2D eigenvalue weighted by molar-refractivity contribution is 7.13. The summed E-state index contributed by atoms with van der Waals surface area (Å²) < 4.78 is 10.6. The minimum atomic E-state index is -0.552. The number of nitrogens with zero attached hydrogens (tertiary/aromatic N) is 1. The van der Waals surface area contributed by atoms with E-state index in [9.17, 15) is 9.59 Å². The maximum atomic E-state index is 12.1. The van der Waals surface area contributed by atoms with E-state index >= 15 is 0 Å². The number of thiophene rings is 1. The van der Waals surface area contributed by atoms with E-state index in [-0.39, 0.29) is 24.7 Å². The molecule has 8 heteroatoms. The van der Waals surface area contributed by atoms with Crippen molar-refractivity contribution in [1.82, 2.24) is 15.6 Å². The van der Waals surface area contributed by atoms with Gasteiger partial charge in [-0.15, -0.1) is 11.3 Å². The van der Waals surface area contributed by atoms with E-state index in [4.69, 9.17) is 9.15 Å². The molecule has 2 aromatic heterocycles. The standard InChI is InChI=1S/C16H21N3O4S/c1-10-12(19-14(22-10)11-6-5-9-24-11)13(20)17-7-8-18-15(21)23-16(2,3)4/h5-6,9H,7-8H2,1-4H3,(H,17,20)(H,18,21). The van der Waals surface area contributed by atoms with Crippen molar-refractivity contribution in [2.45, 2.75) is 33.3 Å². The monoisotopic (exact) mass is 351 g/mol. The van der Waals surface area contributed by atoms with Gasteiger partial charge in [0.1, 0.15) is 11.4 Å². The van der Waals surface area contributed by atoms with Crippen molar-refractivity contribution in [3.8, 4) is 10.8 Å². The number of carbonyl (C=O) groups is 2. The second-order valence-electron chi connectivity index (χ2n) is 6.09. The first-order valence-corrected chi connectivity index (χ1v) is 8.40. The van der Waals surface area contributed by atoms with Crippen LogP contribution in [0.3, 0.4) is 0 Å². The van der Waals surface area contributed by atoms with Crippen molar-refractivity contribution in [3.63, 3.8) is 0 Å². The highest BCUT2D eigenvalue weighted by atomic mass is 32.1. The second kappa shape index (κ2) is 7.48. The maximum Gasteiger partial charge on any atom is 0.407 e. The van der Waals surface area contributed by atoms with Gasteiger partial charge >= 0.3 is 6.09 Å². The lowest BCUT2D eigenvalue weighted by Gasteiger charge is -2.19. The average molecular weight is 351 g/mol. The molecule has 130 valence electrons. The summed E-state index contributed by atoms with van der Waals surface area (Å²) in [5, 5.41) is 7.17. The summed E-state index contributed by atoms with van der Waals surface area (Å²) in [5.74, 6) is 0.542. The normalized spacial score (nSPS) is 11.2. The predicted octanol–water partition coefficient (Wildman–Crippen LogP) is 2.97. The fourth-order valence-electron chi connectivity index (χ4n) is 1.85. The Kier molecular flexibility index (Phi) is 5.61. The van der Waals surface area contributed by atoms with E-state index in [2.05, 4.69) is 15.6 Å². The Hall–Kier alpha value is -2.35. The largest absolute Gasteiger partial charge is 0.444 e. The number of oxazole rings is 1. The lowest BCUT2D eigenvalue weighted by atomic mass is 10.2. The highest BCUT2D eigenvalue weighted by Gasteiger charge is 2.19. The highest BCUT2D eigenvalue weighted by Crippen LogP contribution is 2.25. The summed E-state index contributed by atoms with van der Waals surface area (Å²) >= 11 is 1.49. The van der Waals surface area contributed by atoms with Crippen LogP contribution in [0.2, 0.25) is 0 Å². The molecule has 2 aromatic rings. The number of rotatable bonds is 5. The SMILES string of the molecule is Cc1oc(-c2cccs2)nc1C(=O)NCCNC(=O)OC(C)(C)C. The third-order valence-corrected chi connectivity index (χ3v) is 3.68. The van der Waals surface area contributed by atoms with E-state index in [1.807, 2.05) is 17.5 Å². The second-order valence-corrected chi connectivity index (χ2v) is 7.03. The van der Waals surface area contributed by atoms with Gasteiger partial charge in [0, 0.05) is 13.1 Å². The van der Waals surface area contributed by atoms with E-state index in [1.165, 1.54) is 11.3 Å². The molecule has 0 bridgehead atoms. The molecule has 0 saturated heterocycles. The van der Waals surface area contributed by atoms with Gasteiger partial charge in [-0.3, -0.25) is 4.79 Å². The van der Waals surface area contributed by atoms with E-state index in [0.29, 0.717) is 11.7 Å². The van der Waals surface area contributed by atoms with Crippen LogP contribution in [0.5, 0.6) is 0 Å².